The zero-order chi connectivity index (χ0) is 19.9. The van der Waals surface area contributed by atoms with Gasteiger partial charge in [0.2, 0.25) is 5.91 Å². The first kappa shape index (κ1) is 19.8. The third-order valence-corrected chi connectivity index (χ3v) is 7.00. The lowest BCUT2D eigenvalue weighted by Gasteiger charge is -2.27. The number of carbonyl (C=O) groups is 1. The molecule has 1 aliphatic heterocycles. The van der Waals surface area contributed by atoms with Crippen LogP contribution in [0, 0.1) is 5.82 Å². The summed E-state index contributed by atoms with van der Waals surface area (Å²) in [5, 5.41) is 0. The van der Waals surface area contributed by atoms with Gasteiger partial charge in [-0.1, -0.05) is 15.9 Å². The van der Waals surface area contributed by atoms with Gasteiger partial charge in [0.15, 0.2) is 0 Å². The number of halogens is 2. The second kappa shape index (κ2) is 7.24. The number of hydrogen-bond acceptors (Lipinski definition) is 3. The molecule has 1 amide bonds. The quantitative estimate of drug-likeness (QED) is 0.698. The molecule has 1 atom stereocenters. The van der Waals surface area contributed by atoms with Crippen molar-refractivity contribution in [3.63, 3.8) is 0 Å². The first-order chi connectivity index (χ1) is 12.7. The molecule has 0 bridgehead atoms. The summed E-state index contributed by atoms with van der Waals surface area (Å²) in [4.78, 5) is 13.8. The molecule has 0 saturated carbocycles. The zero-order valence-electron chi connectivity index (χ0n) is 15.2. The minimum atomic E-state index is -3.97. The number of carbonyl (C=O) groups excluding carboxylic acids is 1. The summed E-state index contributed by atoms with van der Waals surface area (Å²) in [5.41, 5.74) is 1.60. The Balaban J connectivity index is 2.20. The molecule has 8 heteroatoms. The van der Waals surface area contributed by atoms with Crippen LogP contribution in [-0.4, -0.2) is 26.9 Å². The SMILES string of the molecule is CCN(c1ccc(F)cc1)S(=O)(=O)c1cc(Br)cc2c1N(C(C)=O)[C@H](C)C2. The zero-order valence-corrected chi connectivity index (χ0v) is 17.6. The Kier molecular flexibility index (Phi) is 5.31. The van der Waals surface area contributed by atoms with Crippen molar-refractivity contribution in [1.82, 2.24) is 0 Å². The first-order valence-electron chi connectivity index (χ1n) is 8.57. The van der Waals surface area contributed by atoms with E-state index in [-0.39, 0.29) is 23.4 Å². The summed E-state index contributed by atoms with van der Waals surface area (Å²) in [6.07, 6.45) is 0.583. The first-order valence-corrected chi connectivity index (χ1v) is 10.8. The smallest absolute Gasteiger partial charge is 0.266 e. The Morgan fingerprint density at radius 3 is 2.48 bits per heavy atom. The Hall–Kier alpha value is -1.93. The van der Waals surface area contributed by atoms with Crippen molar-refractivity contribution in [3.05, 3.63) is 52.3 Å². The number of anilines is 2. The van der Waals surface area contributed by atoms with Gasteiger partial charge in [0.25, 0.3) is 10.0 Å². The minimum Gasteiger partial charge on any atom is -0.308 e. The largest absolute Gasteiger partial charge is 0.308 e. The highest BCUT2D eigenvalue weighted by Gasteiger charge is 2.37. The Morgan fingerprint density at radius 1 is 1.30 bits per heavy atom. The lowest BCUT2D eigenvalue weighted by molar-refractivity contribution is -0.116. The summed E-state index contributed by atoms with van der Waals surface area (Å²) < 4.78 is 42.1. The summed E-state index contributed by atoms with van der Waals surface area (Å²) in [5.74, 6) is -0.642. The van der Waals surface area contributed by atoms with E-state index in [0.29, 0.717) is 22.3 Å². The summed E-state index contributed by atoms with van der Waals surface area (Å²) in [7, 11) is -3.97. The van der Waals surface area contributed by atoms with Gasteiger partial charge in [-0.2, -0.15) is 0 Å². The highest BCUT2D eigenvalue weighted by molar-refractivity contribution is 9.10. The fourth-order valence-corrected chi connectivity index (χ4v) is 5.95. The molecular weight excluding hydrogens is 435 g/mol. The van der Waals surface area contributed by atoms with Crippen LogP contribution in [0.5, 0.6) is 0 Å². The van der Waals surface area contributed by atoms with Crippen molar-refractivity contribution in [3.8, 4) is 0 Å². The lowest BCUT2D eigenvalue weighted by Crippen LogP contribution is -2.36. The number of benzene rings is 2. The Morgan fingerprint density at radius 2 is 1.93 bits per heavy atom. The molecule has 27 heavy (non-hydrogen) atoms. The van der Waals surface area contributed by atoms with Crippen molar-refractivity contribution in [2.45, 2.75) is 38.1 Å². The average molecular weight is 455 g/mol. The highest BCUT2D eigenvalue weighted by atomic mass is 79.9. The van der Waals surface area contributed by atoms with Gasteiger partial charge in [-0.3, -0.25) is 9.10 Å². The minimum absolute atomic E-state index is 0.0672. The molecule has 0 aliphatic carbocycles. The van der Waals surface area contributed by atoms with E-state index in [0.717, 1.165) is 5.56 Å². The number of sulfonamides is 1. The molecule has 2 aromatic rings. The predicted molar refractivity (Wildman–Crippen MR) is 107 cm³/mol. The predicted octanol–water partition coefficient (Wildman–Crippen LogP) is 4.10. The van der Waals surface area contributed by atoms with E-state index in [9.17, 15) is 17.6 Å². The number of nitrogens with zero attached hydrogens (tertiary/aromatic N) is 2. The number of amides is 1. The van der Waals surface area contributed by atoms with Crippen LogP contribution in [0.4, 0.5) is 15.8 Å². The lowest BCUT2D eigenvalue weighted by atomic mass is 10.1. The van der Waals surface area contributed by atoms with Gasteiger partial charge in [-0.05, 0) is 62.2 Å². The second-order valence-electron chi connectivity index (χ2n) is 6.50. The number of rotatable bonds is 4. The van der Waals surface area contributed by atoms with Gasteiger partial charge < -0.3 is 4.90 Å². The van der Waals surface area contributed by atoms with Crippen LogP contribution >= 0.6 is 15.9 Å². The third kappa shape index (κ3) is 3.48. The fourth-order valence-electron chi connectivity index (χ4n) is 3.57. The molecule has 0 radical (unpaired) electrons. The van der Waals surface area contributed by atoms with Crippen LogP contribution in [0.3, 0.4) is 0 Å². The maximum absolute atomic E-state index is 13.5. The van der Waals surface area contributed by atoms with Gasteiger partial charge in [0, 0.05) is 24.0 Å². The normalized spacial score (nSPS) is 16.3. The second-order valence-corrected chi connectivity index (χ2v) is 9.25. The fraction of sp³-hybridized carbons (Fsp3) is 0.316. The van der Waals surface area contributed by atoms with Crippen molar-refractivity contribution in [2.75, 3.05) is 15.7 Å². The van der Waals surface area contributed by atoms with Gasteiger partial charge in [-0.25, -0.2) is 12.8 Å². The Bertz CT molecular complexity index is 993. The average Bonchev–Trinajstić information content (AvgIpc) is 2.91. The number of hydrogen-bond donors (Lipinski definition) is 0. The van der Waals surface area contributed by atoms with Crippen molar-refractivity contribution >= 4 is 43.2 Å². The molecule has 0 fully saturated rings. The molecule has 5 nitrogen and oxygen atoms in total. The molecule has 0 aromatic heterocycles. The van der Waals surface area contributed by atoms with Gasteiger partial charge in [-0.15, -0.1) is 0 Å². The van der Waals surface area contributed by atoms with Crippen LogP contribution in [0.25, 0.3) is 0 Å². The van der Waals surface area contributed by atoms with E-state index in [1.807, 2.05) is 13.0 Å². The molecule has 1 heterocycles. The van der Waals surface area contributed by atoms with Crippen molar-refractivity contribution in [1.29, 1.82) is 0 Å². The van der Waals surface area contributed by atoms with Gasteiger partial charge in [0.1, 0.15) is 10.7 Å². The molecule has 0 saturated heterocycles. The van der Waals surface area contributed by atoms with Crippen LogP contribution in [-0.2, 0) is 21.2 Å². The molecule has 0 unspecified atom stereocenters. The van der Waals surface area contributed by atoms with Crippen molar-refractivity contribution in [2.24, 2.45) is 0 Å². The van der Waals surface area contributed by atoms with E-state index in [4.69, 9.17) is 0 Å². The Labute approximate surface area is 167 Å². The van der Waals surface area contributed by atoms with E-state index in [1.54, 1.807) is 6.92 Å². The molecule has 0 N–H and O–H groups in total. The van der Waals surface area contributed by atoms with E-state index in [2.05, 4.69) is 15.9 Å². The monoisotopic (exact) mass is 454 g/mol. The molecule has 144 valence electrons. The molecular formula is C19H20BrFN2O3S. The van der Waals surface area contributed by atoms with Crippen LogP contribution in [0.2, 0.25) is 0 Å². The maximum Gasteiger partial charge on any atom is 0.266 e. The van der Waals surface area contributed by atoms with E-state index >= 15 is 0 Å². The van der Waals surface area contributed by atoms with Gasteiger partial charge >= 0.3 is 0 Å². The highest BCUT2D eigenvalue weighted by Crippen LogP contribution is 2.41. The van der Waals surface area contributed by atoms with Crippen LogP contribution < -0.4 is 9.21 Å². The summed E-state index contributed by atoms with van der Waals surface area (Å²) >= 11 is 3.39. The topological polar surface area (TPSA) is 57.7 Å². The summed E-state index contributed by atoms with van der Waals surface area (Å²) in [6, 6.07) is 8.56. The van der Waals surface area contributed by atoms with Gasteiger partial charge in [0.05, 0.1) is 11.4 Å². The van der Waals surface area contributed by atoms with Crippen molar-refractivity contribution < 1.29 is 17.6 Å². The molecule has 3 rings (SSSR count). The van der Waals surface area contributed by atoms with E-state index < -0.39 is 15.8 Å². The standard InChI is InChI=1S/C19H20BrFN2O3S/c1-4-22(17-7-5-16(21)6-8-17)27(25,26)18-11-15(20)10-14-9-12(2)23(13(3)24)19(14)18/h5-8,10-12H,4,9H2,1-3H3/t12-/m1/s1. The summed E-state index contributed by atoms with van der Waals surface area (Å²) in [6.45, 7) is 5.21. The molecule has 2 aromatic carbocycles. The van der Waals surface area contributed by atoms with E-state index in [1.165, 1.54) is 46.5 Å². The third-order valence-electron chi connectivity index (χ3n) is 4.62. The van der Waals surface area contributed by atoms with Crippen LogP contribution in [0.1, 0.15) is 26.3 Å². The maximum atomic E-state index is 13.5. The molecule has 1 aliphatic rings. The molecule has 0 spiro atoms. The van der Waals surface area contributed by atoms with Crippen LogP contribution in [0.15, 0.2) is 45.8 Å². The number of fused-ring (bicyclic) bond motifs is 1.